The molecule has 0 radical (unpaired) electrons. The molecule has 0 amide bonds. The largest absolute Gasteiger partial charge is 0.498 e. The normalized spacial score (nSPS) is 14.3. The molecule has 0 aromatic carbocycles. The topological polar surface area (TPSA) is 108 Å². The van der Waals surface area contributed by atoms with Gasteiger partial charge in [-0.25, -0.2) is 4.57 Å². The molecule has 0 aliphatic heterocycles. The zero-order valence-electron chi connectivity index (χ0n) is 25.2. The van der Waals surface area contributed by atoms with Crippen molar-refractivity contribution >= 4 is 20.1 Å². The molecule has 0 aromatic rings. The Morgan fingerprint density at radius 1 is 0.846 bits per heavy atom. The number of hydrogen-bond donors (Lipinski definition) is 1. The lowest BCUT2D eigenvalue weighted by molar-refractivity contribution is -0.870. The average Bonchev–Trinajstić information content (AvgIpc) is 2.86. The van der Waals surface area contributed by atoms with E-state index in [2.05, 4.69) is 6.92 Å². The van der Waals surface area contributed by atoms with Gasteiger partial charge in [-0.3, -0.25) is 13.8 Å². The molecule has 0 aliphatic carbocycles. The van der Waals surface area contributed by atoms with Crippen molar-refractivity contribution in [3.05, 3.63) is 12.3 Å². The summed E-state index contributed by atoms with van der Waals surface area (Å²) in [6.45, 7) is 2.46. The van der Waals surface area contributed by atoms with Gasteiger partial charge in [0, 0.05) is 12.8 Å². The number of allylic oxidation sites excluding steroid dienone is 1. The maximum absolute atomic E-state index is 12.2. The molecule has 39 heavy (non-hydrogen) atoms. The monoisotopic (exact) mass is 578 g/mol. The number of phosphoric acid groups is 1. The van der Waals surface area contributed by atoms with Crippen molar-refractivity contribution in [3.8, 4) is 0 Å². The van der Waals surface area contributed by atoms with Crippen molar-refractivity contribution in [2.45, 2.75) is 116 Å². The molecule has 230 valence electrons. The molecule has 1 N–H and O–H groups in total. The van der Waals surface area contributed by atoms with Gasteiger partial charge in [0.15, 0.2) is 6.10 Å². The van der Waals surface area contributed by atoms with Gasteiger partial charge in [-0.2, -0.15) is 0 Å². The molecule has 0 aromatic heterocycles. The van der Waals surface area contributed by atoms with Gasteiger partial charge in [0.05, 0.1) is 34.0 Å². The second-order valence-electron chi connectivity index (χ2n) is 11.2. The molecule has 0 fully saturated rings. The molecule has 2 atom stereocenters. The molecule has 0 saturated heterocycles. The van der Waals surface area contributed by atoms with Crippen LogP contribution in [0.5, 0.6) is 0 Å². The number of ether oxygens (including phenoxy) is 2. The van der Waals surface area contributed by atoms with E-state index < -0.39 is 19.9 Å². The molecular weight excluding hydrogens is 521 g/mol. The lowest BCUT2D eigenvalue weighted by Crippen LogP contribution is -2.37. The van der Waals surface area contributed by atoms with Crippen molar-refractivity contribution in [2.24, 2.45) is 0 Å². The van der Waals surface area contributed by atoms with Crippen molar-refractivity contribution < 1.29 is 42.1 Å². The van der Waals surface area contributed by atoms with Gasteiger partial charge in [-0.05, 0) is 25.3 Å². The summed E-state index contributed by atoms with van der Waals surface area (Å²) in [7, 11) is 1.52. The number of quaternary nitrogens is 1. The number of carbonyl (C=O) groups excluding carboxylic acids is 2. The number of unbranched alkanes of at least 4 members (excludes halogenated alkanes) is 13. The first kappa shape index (κ1) is 37.8. The fourth-order valence-corrected chi connectivity index (χ4v) is 4.48. The second kappa shape index (κ2) is 24.5. The van der Waals surface area contributed by atoms with E-state index in [1.807, 2.05) is 27.2 Å². The van der Waals surface area contributed by atoms with Crippen LogP contribution in [0.3, 0.4) is 0 Å². The summed E-state index contributed by atoms with van der Waals surface area (Å²) in [5.74, 6) is -0.520. The average molecular weight is 579 g/mol. The Morgan fingerprint density at radius 2 is 1.44 bits per heavy atom. The zero-order chi connectivity index (χ0) is 29.2. The second-order valence-corrected chi connectivity index (χ2v) is 12.6. The fraction of sp³-hybridized carbons (Fsp3) is 0.862. The summed E-state index contributed by atoms with van der Waals surface area (Å²) in [5.41, 5.74) is 0. The van der Waals surface area contributed by atoms with E-state index in [1.165, 1.54) is 70.6 Å². The van der Waals surface area contributed by atoms with Crippen LogP contribution in [0.25, 0.3) is 0 Å². The highest BCUT2D eigenvalue weighted by atomic mass is 31.2. The van der Waals surface area contributed by atoms with Crippen LogP contribution in [0, 0.1) is 0 Å². The summed E-state index contributed by atoms with van der Waals surface area (Å²) in [6, 6.07) is 0. The van der Waals surface area contributed by atoms with Gasteiger partial charge in [-0.15, -0.1) is 0 Å². The van der Waals surface area contributed by atoms with Crippen LogP contribution in [0.2, 0.25) is 0 Å². The minimum absolute atomic E-state index is 0.0206. The summed E-state index contributed by atoms with van der Waals surface area (Å²) in [5, 5.41) is 0. The van der Waals surface area contributed by atoms with Crippen molar-refractivity contribution in [2.75, 3.05) is 47.5 Å². The smallest absolute Gasteiger partial charge is 0.472 e. The molecular formula is C29H57NO8P+. The highest BCUT2D eigenvalue weighted by Gasteiger charge is 2.26. The molecule has 9 nitrogen and oxygen atoms in total. The summed E-state index contributed by atoms with van der Waals surface area (Å²) < 4.78 is 33.7. The number of hydrogen-bond acceptors (Lipinski definition) is 7. The van der Waals surface area contributed by atoms with Crippen LogP contribution in [-0.4, -0.2) is 75.2 Å². The third-order valence-electron chi connectivity index (χ3n) is 6.14. The quantitative estimate of drug-likeness (QED) is 0.0272. The van der Waals surface area contributed by atoms with Gasteiger partial charge in [-0.1, -0.05) is 77.6 Å². The van der Waals surface area contributed by atoms with E-state index in [1.54, 1.807) is 6.26 Å². The number of carbonyl (C=O) groups is 2. The highest BCUT2D eigenvalue weighted by molar-refractivity contribution is 7.47. The Morgan fingerprint density at radius 3 is 2.00 bits per heavy atom. The van der Waals surface area contributed by atoms with Crippen molar-refractivity contribution in [1.29, 1.82) is 0 Å². The van der Waals surface area contributed by atoms with Crippen molar-refractivity contribution in [1.82, 2.24) is 0 Å². The van der Waals surface area contributed by atoms with Crippen LogP contribution < -0.4 is 0 Å². The number of nitrogens with zero attached hydrogens (tertiary/aromatic N) is 1. The first-order chi connectivity index (χ1) is 18.6. The van der Waals surface area contributed by atoms with E-state index in [4.69, 9.17) is 18.5 Å². The van der Waals surface area contributed by atoms with Crippen LogP contribution in [0.4, 0.5) is 0 Å². The zero-order valence-corrected chi connectivity index (χ0v) is 26.0. The maximum atomic E-state index is 12.2. The van der Waals surface area contributed by atoms with Crippen LogP contribution in [0.1, 0.15) is 110 Å². The molecule has 1 unspecified atom stereocenters. The molecule has 0 saturated carbocycles. The minimum atomic E-state index is -4.30. The molecule has 0 aliphatic rings. The first-order valence-corrected chi connectivity index (χ1v) is 16.4. The number of likely N-dealkylation sites (N-methyl/N-ethyl adjacent to an activating group) is 1. The van der Waals surface area contributed by atoms with Crippen LogP contribution >= 0.6 is 7.82 Å². The number of rotatable bonds is 28. The summed E-state index contributed by atoms with van der Waals surface area (Å²) in [4.78, 5) is 32.5. The van der Waals surface area contributed by atoms with E-state index >= 15 is 0 Å². The number of phosphoric ester groups is 1. The van der Waals surface area contributed by atoms with Crippen molar-refractivity contribution in [3.63, 3.8) is 0 Å². The standard InChI is InChI=1S/C29H56NO8P/c1-5-6-7-8-9-10-11-12-13-14-15-16-17-20-24-35-26-28(38-29(32)21-18-19-23-31)27-37-39(33,34)36-25-22-30(2,3)4/h20,23-24,28H,5-19,21-22,25-27H2,1-4H3/p+1/b24-20-/t28-/m1/s1. The minimum Gasteiger partial charge on any atom is -0.498 e. The van der Waals surface area contributed by atoms with Gasteiger partial charge >= 0.3 is 13.8 Å². The first-order valence-electron chi connectivity index (χ1n) is 14.9. The molecule has 0 bridgehead atoms. The van der Waals surface area contributed by atoms with Crippen LogP contribution in [-0.2, 0) is 32.7 Å². The van der Waals surface area contributed by atoms with Crippen LogP contribution in [0.15, 0.2) is 12.3 Å². The third kappa shape index (κ3) is 28.1. The van der Waals surface area contributed by atoms with E-state index in [0.717, 1.165) is 19.1 Å². The van der Waals surface area contributed by atoms with Gasteiger partial charge in [0.25, 0.3) is 0 Å². The predicted molar refractivity (Wildman–Crippen MR) is 155 cm³/mol. The Hall–Kier alpha value is -1.25. The van der Waals surface area contributed by atoms with E-state index in [9.17, 15) is 19.0 Å². The van der Waals surface area contributed by atoms with Gasteiger partial charge in [0.2, 0.25) is 0 Å². The SMILES string of the molecule is CCCCCCCCCCCCCC/C=C\OC[C@H](COP(=O)(O)OCC[N+](C)(C)C)OC(=O)CCCC=O. The Bertz CT molecular complexity index is 681. The van der Waals surface area contributed by atoms with E-state index in [-0.39, 0.29) is 32.7 Å². The Balaban J connectivity index is 4.21. The molecule has 0 heterocycles. The molecule has 10 heteroatoms. The summed E-state index contributed by atoms with van der Waals surface area (Å²) in [6.07, 6.45) is 20.7. The lowest BCUT2D eigenvalue weighted by atomic mass is 10.0. The predicted octanol–water partition coefficient (Wildman–Crippen LogP) is 6.73. The van der Waals surface area contributed by atoms with Gasteiger partial charge < -0.3 is 23.6 Å². The van der Waals surface area contributed by atoms with E-state index in [0.29, 0.717) is 17.4 Å². The lowest BCUT2D eigenvalue weighted by Gasteiger charge is -2.24. The maximum Gasteiger partial charge on any atom is 0.472 e. The third-order valence-corrected chi connectivity index (χ3v) is 7.12. The summed E-state index contributed by atoms with van der Waals surface area (Å²) >= 11 is 0. The Labute approximate surface area is 237 Å². The fourth-order valence-electron chi connectivity index (χ4n) is 3.74. The number of aldehydes is 1. The van der Waals surface area contributed by atoms with Gasteiger partial charge in [0.1, 0.15) is 26.0 Å². The molecule has 0 spiro atoms. The number of esters is 1. The highest BCUT2D eigenvalue weighted by Crippen LogP contribution is 2.43. The molecule has 0 rings (SSSR count). The Kier molecular flexibility index (Phi) is 23.8.